The Kier molecular flexibility index (Phi) is 4.50. The summed E-state index contributed by atoms with van der Waals surface area (Å²) in [5.41, 5.74) is 1.80. The number of carbonyl (C=O) groups excluding carboxylic acids is 1. The van der Waals surface area contributed by atoms with E-state index >= 15 is 0 Å². The van der Waals surface area contributed by atoms with Crippen molar-refractivity contribution < 1.29 is 4.79 Å². The van der Waals surface area contributed by atoms with Crippen molar-refractivity contribution in [1.82, 2.24) is 4.90 Å². The Balaban J connectivity index is 2.42. The Morgan fingerprint density at radius 3 is 2.60 bits per heavy atom. The second-order valence-electron chi connectivity index (χ2n) is 4.95. The Hall–Kier alpha value is -1.74. The van der Waals surface area contributed by atoms with Gasteiger partial charge in [0.25, 0.3) is 0 Å². The SMILES string of the molecule is CCCN(C)C(=O)Nc1c(C)cc(Cl)c2ccccc12. The van der Waals surface area contributed by atoms with Crippen molar-refractivity contribution in [2.45, 2.75) is 20.3 Å². The molecule has 0 saturated heterocycles. The summed E-state index contributed by atoms with van der Waals surface area (Å²) >= 11 is 6.26. The normalized spacial score (nSPS) is 10.6. The van der Waals surface area contributed by atoms with Crippen molar-refractivity contribution in [3.63, 3.8) is 0 Å². The van der Waals surface area contributed by atoms with Crippen LogP contribution in [0.5, 0.6) is 0 Å². The lowest BCUT2D eigenvalue weighted by Crippen LogP contribution is -2.32. The van der Waals surface area contributed by atoms with E-state index in [1.165, 1.54) is 0 Å². The highest BCUT2D eigenvalue weighted by Gasteiger charge is 2.13. The minimum absolute atomic E-state index is 0.0950. The topological polar surface area (TPSA) is 32.3 Å². The molecule has 0 aliphatic heterocycles. The maximum Gasteiger partial charge on any atom is 0.321 e. The summed E-state index contributed by atoms with van der Waals surface area (Å²) in [7, 11) is 1.80. The number of benzene rings is 2. The highest BCUT2D eigenvalue weighted by molar-refractivity contribution is 6.36. The number of halogens is 1. The summed E-state index contributed by atoms with van der Waals surface area (Å²) in [5.74, 6) is 0. The van der Waals surface area contributed by atoms with E-state index in [0.717, 1.165) is 35.0 Å². The smallest absolute Gasteiger partial charge is 0.321 e. The lowest BCUT2D eigenvalue weighted by atomic mass is 10.0. The number of anilines is 1. The van der Waals surface area contributed by atoms with Crippen molar-refractivity contribution in [2.75, 3.05) is 18.9 Å². The molecule has 2 aromatic carbocycles. The van der Waals surface area contributed by atoms with Gasteiger partial charge in [0.2, 0.25) is 0 Å². The van der Waals surface area contributed by atoms with E-state index in [4.69, 9.17) is 11.6 Å². The van der Waals surface area contributed by atoms with Gasteiger partial charge in [0, 0.05) is 29.4 Å². The van der Waals surface area contributed by atoms with Gasteiger partial charge in [0.05, 0.1) is 5.69 Å². The van der Waals surface area contributed by atoms with Gasteiger partial charge in [-0.05, 0) is 25.0 Å². The van der Waals surface area contributed by atoms with Crippen molar-refractivity contribution in [1.29, 1.82) is 0 Å². The molecule has 106 valence electrons. The largest absolute Gasteiger partial charge is 0.328 e. The van der Waals surface area contributed by atoms with Crippen molar-refractivity contribution in [3.8, 4) is 0 Å². The number of amides is 2. The van der Waals surface area contributed by atoms with Crippen molar-refractivity contribution in [2.24, 2.45) is 0 Å². The van der Waals surface area contributed by atoms with Gasteiger partial charge >= 0.3 is 6.03 Å². The van der Waals surface area contributed by atoms with E-state index in [9.17, 15) is 4.79 Å². The number of rotatable bonds is 3. The molecular weight excluding hydrogens is 272 g/mol. The average molecular weight is 291 g/mol. The van der Waals surface area contributed by atoms with E-state index in [0.29, 0.717) is 5.02 Å². The minimum Gasteiger partial charge on any atom is -0.328 e. The van der Waals surface area contributed by atoms with Gasteiger partial charge in [-0.3, -0.25) is 0 Å². The molecule has 2 aromatic rings. The predicted molar refractivity (Wildman–Crippen MR) is 85.6 cm³/mol. The van der Waals surface area contributed by atoms with Crippen LogP contribution in [0.1, 0.15) is 18.9 Å². The highest BCUT2D eigenvalue weighted by atomic mass is 35.5. The molecule has 0 saturated carbocycles. The van der Waals surface area contributed by atoms with Crippen LogP contribution in [-0.4, -0.2) is 24.5 Å². The van der Waals surface area contributed by atoms with Crippen LogP contribution >= 0.6 is 11.6 Å². The zero-order valence-electron chi connectivity index (χ0n) is 12.0. The summed E-state index contributed by atoms with van der Waals surface area (Å²) in [5, 5.41) is 5.62. The van der Waals surface area contributed by atoms with Crippen LogP contribution in [0.4, 0.5) is 10.5 Å². The van der Waals surface area contributed by atoms with Gasteiger partial charge in [-0.15, -0.1) is 0 Å². The maximum atomic E-state index is 12.2. The van der Waals surface area contributed by atoms with Gasteiger partial charge in [-0.2, -0.15) is 0 Å². The molecule has 0 atom stereocenters. The molecule has 20 heavy (non-hydrogen) atoms. The highest BCUT2D eigenvalue weighted by Crippen LogP contribution is 2.33. The third kappa shape index (κ3) is 2.88. The Morgan fingerprint density at radius 1 is 1.30 bits per heavy atom. The first-order valence-electron chi connectivity index (χ1n) is 6.74. The monoisotopic (exact) mass is 290 g/mol. The van der Waals surface area contributed by atoms with Crippen LogP contribution in [0.2, 0.25) is 5.02 Å². The number of nitrogens with zero attached hydrogens (tertiary/aromatic N) is 1. The number of nitrogens with one attached hydrogen (secondary N) is 1. The molecule has 2 rings (SSSR count). The second kappa shape index (κ2) is 6.14. The van der Waals surface area contributed by atoms with Crippen LogP contribution in [0.3, 0.4) is 0 Å². The first-order chi connectivity index (χ1) is 9.54. The van der Waals surface area contributed by atoms with Crippen LogP contribution < -0.4 is 5.32 Å². The molecule has 0 unspecified atom stereocenters. The lowest BCUT2D eigenvalue weighted by Gasteiger charge is -2.19. The molecule has 1 N–H and O–H groups in total. The molecule has 0 heterocycles. The fraction of sp³-hybridized carbons (Fsp3) is 0.312. The number of carbonyl (C=O) groups is 1. The number of aryl methyl sites for hydroxylation is 1. The van der Waals surface area contributed by atoms with Gasteiger partial charge in [-0.1, -0.05) is 42.8 Å². The van der Waals surface area contributed by atoms with E-state index < -0.39 is 0 Å². The first kappa shape index (κ1) is 14.7. The predicted octanol–water partition coefficient (Wildman–Crippen LogP) is 4.68. The van der Waals surface area contributed by atoms with Gasteiger partial charge in [0.15, 0.2) is 0 Å². The number of fused-ring (bicyclic) bond motifs is 1. The summed E-state index contributed by atoms with van der Waals surface area (Å²) in [4.78, 5) is 13.8. The molecule has 0 fully saturated rings. The summed E-state index contributed by atoms with van der Waals surface area (Å²) in [6, 6.07) is 9.62. The zero-order chi connectivity index (χ0) is 14.7. The molecule has 0 spiro atoms. The van der Waals surface area contributed by atoms with E-state index in [2.05, 4.69) is 5.32 Å². The number of urea groups is 1. The number of hydrogen-bond donors (Lipinski definition) is 1. The molecule has 4 heteroatoms. The molecule has 0 radical (unpaired) electrons. The molecule has 0 aliphatic rings. The molecule has 0 aromatic heterocycles. The average Bonchev–Trinajstić information content (AvgIpc) is 2.43. The van der Waals surface area contributed by atoms with Gasteiger partial charge in [0.1, 0.15) is 0 Å². The molecule has 0 aliphatic carbocycles. The van der Waals surface area contributed by atoms with Gasteiger partial charge < -0.3 is 10.2 Å². The first-order valence-corrected chi connectivity index (χ1v) is 7.12. The fourth-order valence-electron chi connectivity index (χ4n) is 2.27. The third-order valence-electron chi connectivity index (χ3n) is 3.33. The van der Waals surface area contributed by atoms with Crippen LogP contribution in [0.15, 0.2) is 30.3 Å². The third-order valence-corrected chi connectivity index (χ3v) is 3.64. The Labute approximate surface area is 124 Å². The maximum absolute atomic E-state index is 12.2. The molecular formula is C16H19ClN2O. The fourth-order valence-corrected chi connectivity index (χ4v) is 2.60. The second-order valence-corrected chi connectivity index (χ2v) is 5.35. The molecule has 3 nitrogen and oxygen atoms in total. The summed E-state index contributed by atoms with van der Waals surface area (Å²) < 4.78 is 0. The van der Waals surface area contributed by atoms with Crippen molar-refractivity contribution in [3.05, 3.63) is 40.9 Å². The molecule has 2 amide bonds. The number of hydrogen-bond acceptors (Lipinski definition) is 1. The standard InChI is InChI=1S/C16H19ClN2O/c1-4-9-19(3)16(20)18-15-11(2)10-14(17)12-7-5-6-8-13(12)15/h5-8,10H,4,9H2,1-3H3,(H,18,20). The van der Waals surface area contributed by atoms with E-state index in [-0.39, 0.29) is 6.03 Å². The Bertz CT molecular complexity index is 640. The minimum atomic E-state index is -0.0950. The van der Waals surface area contributed by atoms with Crippen LogP contribution in [0, 0.1) is 6.92 Å². The molecule has 0 bridgehead atoms. The van der Waals surface area contributed by atoms with Crippen LogP contribution in [0.25, 0.3) is 10.8 Å². The zero-order valence-corrected chi connectivity index (χ0v) is 12.8. The summed E-state index contributed by atoms with van der Waals surface area (Å²) in [6.07, 6.45) is 0.935. The summed E-state index contributed by atoms with van der Waals surface area (Å²) in [6.45, 7) is 4.73. The lowest BCUT2D eigenvalue weighted by molar-refractivity contribution is 0.222. The van der Waals surface area contributed by atoms with Gasteiger partial charge in [-0.25, -0.2) is 4.79 Å². The van der Waals surface area contributed by atoms with Crippen molar-refractivity contribution >= 4 is 34.1 Å². The quantitative estimate of drug-likeness (QED) is 0.875. The Morgan fingerprint density at radius 2 is 1.95 bits per heavy atom. The van der Waals surface area contributed by atoms with E-state index in [1.807, 2.05) is 44.2 Å². The van der Waals surface area contributed by atoms with E-state index in [1.54, 1.807) is 11.9 Å². The van der Waals surface area contributed by atoms with Crippen LogP contribution in [-0.2, 0) is 0 Å².